The first-order valence-corrected chi connectivity index (χ1v) is 7.78. The summed E-state index contributed by atoms with van der Waals surface area (Å²) in [7, 11) is 0. The number of hydrogen-bond acceptors (Lipinski definition) is 4. The number of hydrogen-bond donors (Lipinski definition) is 4. The minimum atomic E-state index is -1.06. The lowest BCUT2D eigenvalue weighted by molar-refractivity contribution is -0.132. The van der Waals surface area contributed by atoms with E-state index in [1.165, 1.54) is 50.5 Å². The molecule has 0 atom stereocenters. The molecule has 4 N–H and O–H groups in total. The molecule has 7 heteroatoms. The first-order chi connectivity index (χ1) is 11.6. The number of benzene rings is 1. The number of aromatic carboxylic acids is 2. The summed E-state index contributed by atoms with van der Waals surface area (Å²) in [6, 6.07) is 5.02. The van der Waals surface area contributed by atoms with Crippen LogP contribution in [-0.4, -0.2) is 44.4 Å². The molecule has 0 bridgehead atoms. The van der Waals surface area contributed by atoms with Crippen LogP contribution in [-0.2, 0) is 4.79 Å². The molecule has 0 radical (unpaired) electrons. The van der Waals surface area contributed by atoms with E-state index < -0.39 is 17.9 Å². The zero-order valence-corrected chi connectivity index (χ0v) is 14.1. The van der Waals surface area contributed by atoms with Gasteiger partial charge in [-0.1, -0.05) is 25.8 Å². The highest BCUT2D eigenvalue weighted by atomic mass is 16.4. The highest BCUT2D eigenvalue weighted by Crippen LogP contribution is 2.16. The van der Waals surface area contributed by atoms with Crippen LogP contribution in [0.15, 0.2) is 36.4 Å². The molecular formula is C18H24O7. The second-order valence-electron chi connectivity index (χ2n) is 5.56. The van der Waals surface area contributed by atoms with Gasteiger partial charge in [0.2, 0.25) is 0 Å². The van der Waals surface area contributed by atoms with Gasteiger partial charge < -0.3 is 20.4 Å². The SMILES string of the molecule is C=C(C)C(=O)O.O=C(O)c1ccc(C(=O)O)cc1.OC1CCCCC1. The second-order valence-corrected chi connectivity index (χ2v) is 5.56. The smallest absolute Gasteiger partial charge is 0.335 e. The summed E-state index contributed by atoms with van der Waals surface area (Å²) in [6.07, 6.45) is 5.92. The molecule has 138 valence electrons. The first kappa shape index (κ1) is 22.3. The molecule has 1 fully saturated rings. The number of aliphatic hydroxyl groups is 1. The maximum absolute atomic E-state index is 10.3. The maximum atomic E-state index is 10.3. The van der Waals surface area contributed by atoms with E-state index in [9.17, 15) is 14.4 Å². The summed E-state index contributed by atoms with van der Waals surface area (Å²) in [6.45, 7) is 4.60. The van der Waals surface area contributed by atoms with Crippen LogP contribution in [0, 0.1) is 0 Å². The van der Waals surface area contributed by atoms with Gasteiger partial charge in [-0.2, -0.15) is 0 Å². The highest BCUT2D eigenvalue weighted by Gasteiger charge is 2.07. The molecule has 1 aliphatic rings. The van der Waals surface area contributed by atoms with Crippen molar-refractivity contribution in [2.45, 2.75) is 45.1 Å². The van der Waals surface area contributed by atoms with E-state index in [1.807, 2.05) is 0 Å². The van der Waals surface area contributed by atoms with Gasteiger partial charge in [0, 0.05) is 5.57 Å². The quantitative estimate of drug-likeness (QED) is 0.615. The van der Waals surface area contributed by atoms with Gasteiger partial charge in [-0.25, -0.2) is 14.4 Å². The van der Waals surface area contributed by atoms with E-state index in [0.29, 0.717) is 0 Å². The van der Waals surface area contributed by atoms with Gasteiger partial charge in [0.05, 0.1) is 17.2 Å². The lowest BCUT2D eigenvalue weighted by Crippen LogP contribution is -2.09. The molecule has 1 saturated carbocycles. The predicted molar refractivity (Wildman–Crippen MR) is 91.9 cm³/mol. The van der Waals surface area contributed by atoms with Crippen LogP contribution < -0.4 is 0 Å². The minimum absolute atomic E-state index is 0.0359. The summed E-state index contributed by atoms with van der Waals surface area (Å²) >= 11 is 0. The minimum Gasteiger partial charge on any atom is -0.478 e. The molecule has 1 aromatic carbocycles. The largest absolute Gasteiger partial charge is 0.478 e. The normalized spacial score (nSPS) is 13.4. The standard InChI is InChI=1S/C8H6O4.C6H12O.C4H6O2/c9-7(10)5-1-2-6(4-3-5)8(11)12;7-6-4-2-1-3-5-6;1-3(2)4(5)6/h1-4H,(H,9,10)(H,11,12);6-7H,1-5H2;1H2,2H3,(H,5,6). The van der Waals surface area contributed by atoms with Crippen molar-refractivity contribution in [2.24, 2.45) is 0 Å². The lowest BCUT2D eigenvalue weighted by Gasteiger charge is -2.14. The van der Waals surface area contributed by atoms with E-state index >= 15 is 0 Å². The Morgan fingerprint density at radius 3 is 1.36 bits per heavy atom. The Bertz CT molecular complexity index is 539. The van der Waals surface area contributed by atoms with Crippen molar-refractivity contribution in [2.75, 3.05) is 0 Å². The van der Waals surface area contributed by atoms with E-state index in [1.54, 1.807) is 0 Å². The van der Waals surface area contributed by atoms with Crippen LogP contribution in [0.1, 0.15) is 59.7 Å². The molecule has 0 amide bonds. The third-order valence-corrected chi connectivity index (χ3v) is 3.32. The Balaban J connectivity index is 0.000000378. The second kappa shape index (κ2) is 11.8. The van der Waals surface area contributed by atoms with Crippen LogP contribution in [0.4, 0.5) is 0 Å². The molecule has 0 unspecified atom stereocenters. The van der Waals surface area contributed by atoms with E-state index in [2.05, 4.69) is 6.58 Å². The van der Waals surface area contributed by atoms with E-state index in [-0.39, 0.29) is 22.8 Å². The Morgan fingerprint density at radius 2 is 1.20 bits per heavy atom. The van der Waals surface area contributed by atoms with Crippen LogP contribution >= 0.6 is 0 Å². The Morgan fingerprint density at radius 1 is 0.880 bits per heavy atom. The third-order valence-electron chi connectivity index (χ3n) is 3.32. The molecule has 0 spiro atoms. The van der Waals surface area contributed by atoms with E-state index in [4.69, 9.17) is 20.4 Å². The van der Waals surface area contributed by atoms with Gasteiger partial charge >= 0.3 is 17.9 Å². The molecular weight excluding hydrogens is 328 g/mol. The van der Waals surface area contributed by atoms with Crippen molar-refractivity contribution in [1.82, 2.24) is 0 Å². The Hall–Kier alpha value is -2.67. The van der Waals surface area contributed by atoms with E-state index in [0.717, 1.165) is 12.8 Å². The van der Waals surface area contributed by atoms with Crippen molar-refractivity contribution in [3.8, 4) is 0 Å². The zero-order chi connectivity index (χ0) is 19.4. The summed E-state index contributed by atoms with van der Waals surface area (Å²) in [5.41, 5.74) is 0.343. The molecule has 25 heavy (non-hydrogen) atoms. The van der Waals surface area contributed by atoms with Crippen LogP contribution in [0.5, 0.6) is 0 Å². The summed E-state index contributed by atoms with van der Waals surface area (Å²) in [5.74, 6) is -3.06. The average molecular weight is 352 g/mol. The molecule has 2 rings (SSSR count). The van der Waals surface area contributed by atoms with Gasteiger partial charge in [-0.3, -0.25) is 0 Å². The van der Waals surface area contributed by atoms with Crippen molar-refractivity contribution >= 4 is 17.9 Å². The summed E-state index contributed by atoms with van der Waals surface area (Å²) in [4.78, 5) is 30.3. The molecule has 0 aromatic heterocycles. The Labute approximate surface area is 146 Å². The number of aliphatic carboxylic acids is 1. The fourth-order valence-electron chi connectivity index (χ4n) is 1.84. The maximum Gasteiger partial charge on any atom is 0.335 e. The molecule has 1 aromatic rings. The predicted octanol–water partition coefficient (Wildman–Crippen LogP) is 3.04. The van der Waals surface area contributed by atoms with Crippen molar-refractivity contribution in [3.05, 3.63) is 47.5 Å². The van der Waals surface area contributed by atoms with Crippen molar-refractivity contribution < 1.29 is 34.8 Å². The van der Waals surface area contributed by atoms with Crippen molar-refractivity contribution in [1.29, 1.82) is 0 Å². The molecule has 0 saturated heterocycles. The van der Waals surface area contributed by atoms with Crippen LogP contribution in [0.25, 0.3) is 0 Å². The van der Waals surface area contributed by atoms with Gasteiger partial charge in [0.15, 0.2) is 0 Å². The molecule has 0 aliphatic heterocycles. The number of carboxylic acid groups (broad SMARTS) is 3. The number of aliphatic hydroxyl groups excluding tert-OH is 1. The number of rotatable bonds is 3. The van der Waals surface area contributed by atoms with Crippen LogP contribution in [0.2, 0.25) is 0 Å². The Kier molecular flexibility index (Phi) is 10.5. The molecule has 0 heterocycles. The number of carboxylic acids is 3. The number of carbonyl (C=O) groups is 3. The van der Waals surface area contributed by atoms with Gasteiger partial charge in [0.1, 0.15) is 0 Å². The van der Waals surface area contributed by atoms with Crippen LogP contribution in [0.3, 0.4) is 0 Å². The van der Waals surface area contributed by atoms with Gasteiger partial charge in [0.25, 0.3) is 0 Å². The lowest BCUT2D eigenvalue weighted by atomic mass is 9.98. The first-order valence-electron chi connectivity index (χ1n) is 7.78. The average Bonchev–Trinajstić information content (AvgIpc) is 2.56. The molecule has 1 aliphatic carbocycles. The highest BCUT2D eigenvalue weighted by molar-refractivity contribution is 5.91. The summed E-state index contributed by atoms with van der Waals surface area (Å²) in [5, 5.41) is 33.7. The fourth-order valence-corrected chi connectivity index (χ4v) is 1.84. The summed E-state index contributed by atoms with van der Waals surface area (Å²) < 4.78 is 0. The molecule has 7 nitrogen and oxygen atoms in total. The van der Waals surface area contributed by atoms with Gasteiger partial charge in [-0.15, -0.1) is 0 Å². The van der Waals surface area contributed by atoms with Crippen molar-refractivity contribution in [3.63, 3.8) is 0 Å². The third kappa shape index (κ3) is 10.7. The van der Waals surface area contributed by atoms with Gasteiger partial charge in [-0.05, 0) is 44.0 Å². The fraction of sp³-hybridized carbons (Fsp3) is 0.389. The topological polar surface area (TPSA) is 132 Å². The zero-order valence-electron chi connectivity index (χ0n) is 14.1. The monoisotopic (exact) mass is 352 g/mol.